The summed E-state index contributed by atoms with van der Waals surface area (Å²) in [6.07, 6.45) is 0. The number of hydrogen-bond donors (Lipinski definition) is 1. The molecule has 72 valence electrons. The lowest BCUT2D eigenvalue weighted by molar-refractivity contribution is 0.629. The number of rotatable bonds is 0. The van der Waals surface area contributed by atoms with Crippen LogP contribution >= 0.6 is 15.9 Å². The molecule has 1 aromatic carbocycles. The number of H-pyrrole nitrogens is 1. The van der Waals surface area contributed by atoms with Gasteiger partial charge < -0.3 is 4.98 Å². The van der Waals surface area contributed by atoms with Gasteiger partial charge in [0.15, 0.2) is 0 Å². The van der Waals surface area contributed by atoms with Gasteiger partial charge in [-0.3, -0.25) is 4.79 Å². The number of aryl methyl sites for hydroxylation is 1. The van der Waals surface area contributed by atoms with E-state index in [1.54, 1.807) is 13.0 Å². The Morgan fingerprint density at radius 3 is 2.79 bits per heavy atom. The maximum Gasteiger partial charge on any atom is 0.256 e. The van der Waals surface area contributed by atoms with E-state index in [1.165, 1.54) is 12.1 Å². The van der Waals surface area contributed by atoms with Crippen LogP contribution in [0.5, 0.6) is 0 Å². The van der Waals surface area contributed by atoms with Crippen LogP contribution in [0.1, 0.15) is 5.69 Å². The molecule has 0 amide bonds. The fourth-order valence-electron chi connectivity index (χ4n) is 1.39. The van der Waals surface area contributed by atoms with Crippen LogP contribution in [-0.4, -0.2) is 4.98 Å². The third-order valence-electron chi connectivity index (χ3n) is 2.09. The zero-order chi connectivity index (χ0) is 10.3. The van der Waals surface area contributed by atoms with Crippen molar-refractivity contribution in [3.8, 4) is 0 Å². The van der Waals surface area contributed by atoms with E-state index in [0.29, 0.717) is 5.39 Å². The molecule has 0 aliphatic carbocycles. The van der Waals surface area contributed by atoms with Gasteiger partial charge in [-0.05, 0) is 35.0 Å². The van der Waals surface area contributed by atoms with Gasteiger partial charge in [-0.1, -0.05) is 6.07 Å². The first kappa shape index (κ1) is 9.40. The molecule has 2 nitrogen and oxygen atoms in total. The molecule has 1 heterocycles. The number of aromatic nitrogens is 1. The van der Waals surface area contributed by atoms with Crippen LogP contribution in [0.4, 0.5) is 4.39 Å². The number of aromatic amines is 1. The van der Waals surface area contributed by atoms with E-state index in [4.69, 9.17) is 0 Å². The van der Waals surface area contributed by atoms with Gasteiger partial charge in [-0.15, -0.1) is 0 Å². The van der Waals surface area contributed by atoms with Crippen molar-refractivity contribution in [2.45, 2.75) is 6.92 Å². The van der Waals surface area contributed by atoms with Crippen LogP contribution in [0.3, 0.4) is 0 Å². The zero-order valence-electron chi connectivity index (χ0n) is 7.40. The first-order valence-corrected chi connectivity index (χ1v) is 4.86. The summed E-state index contributed by atoms with van der Waals surface area (Å²) >= 11 is 3.35. The maximum atomic E-state index is 12.9. The quantitative estimate of drug-likeness (QED) is 0.772. The molecule has 0 saturated carbocycles. The fraction of sp³-hybridized carbons (Fsp3) is 0.100. The van der Waals surface area contributed by atoms with Crippen molar-refractivity contribution >= 4 is 26.7 Å². The third kappa shape index (κ3) is 1.35. The molecule has 0 spiro atoms. The average Bonchev–Trinajstić information content (AvgIpc) is 2.14. The molecule has 0 atom stereocenters. The Bertz CT molecular complexity index is 562. The van der Waals surface area contributed by atoms with Crippen LogP contribution in [0, 0.1) is 12.7 Å². The molecule has 1 aromatic heterocycles. The van der Waals surface area contributed by atoms with Crippen molar-refractivity contribution in [2.24, 2.45) is 0 Å². The molecule has 0 saturated heterocycles. The number of hydrogen-bond acceptors (Lipinski definition) is 1. The average molecular weight is 256 g/mol. The molecular formula is C10H7BrFNO. The summed E-state index contributed by atoms with van der Waals surface area (Å²) in [5, 5.41) is 1.09. The summed E-state index contributed by atoms with van der Waals surface area (Å²) in [6.45, 7) is 1.79. The Morgan fingerprint density at radius 1 is 1.36 bits per heavy atom. The van der Waals surface area contributed by atoms with Crippen LogP contribution in [-0.2, 0) is 0 Å². The van der Waals surface area contributed by atoms with Crippen molar-refractivity contribution in [1.29, 1.82) is 0 Å². The van der Waals surface area contributed by atoms with E-state index in [-0.39, 0.29) is 5.56 Å². The standard InChI is InChI=1S/C10H7BrFNO/c1-5-9(11)7-3-2-6(12)4-8(7)10(14)13-5/h2-4H,1H3,(H,13,14). The first-order chi connectivity index (χ1) is 6.59. The summed E-state index contributed by atoms with van der Waals surface area (Å²) in [5.74, 6) is -0.404. The second-order valence-electron chi connectivity index (χ2n) is 3.08. The second kappa shape index (κ2) is 3.20. The van der Waals surface area contributed by atoms with Crippen LogP contribution < -0.4 is 5.56 Å². The molecule has 0 unspecified atom stereocenters. The van der Waals surface area contributed by atoms with Crippen molar-refractivity contribution in [3.05, 3.63) is 44.5 Å². The van der Waals surface area contributed by atoms with E-state index >= 15 is 0 Å². The lowest BCUT2D eigenvalue weighted by Crippen LogP contribution is -2.08. The SMILES string of the molecule is Cc1[nH]c(=O)c2cc(F)ccc2c1Br. The summed E-state index contributed by atoms with van der Waals surface area (Å²) in [4.78, 5) is 14.1. The predicted octanol–water partition coefficient (Wildman–Crippen LogP) is 2.74. The summed E-state index contributed by atoms with van der Waals surface area (Å²) in [5.41, 5.74) is 0.481. The third-order valence-corrected chi connectivity index (χ3v) is 3.11. The predicted molar refractivity (Wildman–Crippen MR) is 57.0 cm³/mol. The van der Waals surface area contributed by atoms with E-state index in [2.05, 4.69) is 20.9 Å². The lowest BCUT2D eigenvalue weighted by Gasteiger charge is -2.03. The number of halogens is 2. The van der Waals surface area contributed by atoms with Gasteiger partial charge in [0.1, 0.15) is 5.82 Å². The van der Waals surface area contributed by atoms with Gasteiger partial charge in [0.2, 0.25) is 0 Å². The van der Waals surface area contributed by atoms with E-state index in [9.17, 15) is 9.18 Å². The first-order valence-electron chi connectivity index (χ1n) is 4.07. The van der Waals surface area contributed by atoms with Crippen molar-refractivity contribution < 1.29 is 4.39 Å². The zero-order valence-corrected chi connectivity index (χ0v) is 8.98. The highest BCUT2D eigenvalue weighted by Crippen LogP contribution is 2.23. The minimum Gasteiger partial charge on any atom is -0.325 e. The number of pyridine rings is 1. The highest BCUT2D eigenvalue weighted by atomic mass is 79.9. The molecular weight excluding hydrogens is 249 g/mol. The molecule has 1 N–H and O–H groups in total. The van der Waals surface area contributed by atoms with Crippen LogP contribution in [0.15, 0.2) is 27.5 Å². The Kier molecular flexibility index (Phi) is 2.15. The second-order valence-corrected chi connectivity index (χ2v) is 3.88. The summed E-state index contributed by atoms with van der Waals surface area (Å²) in [6, 6.07) is 4.17. The fourth-order valence-corrected chi connectivity index (χ4v) is 1.84. The molecule has 2 rings (SSSR count). The minimum absolute atomic E-state index is 0.264. The Balaban J connectivity index is 3.02. The molecule has 2 aromatic rings. The maximum absolute atomic E-state index is 12.9. The highest BCUT2D eigenvalue weighted by molar-refractivity contribution is 9.10. The molecule has 0 radical (unpaired) electrons. The molecule has 14 heavy (non-hydrogen) atoms. The summed E-state index contributed by atoms with van der Waals surface area (Å²) in [7, 11) is 0. The Labute approximate surface area is 87.9 Å². The van der Waals surface area contributed by atoms with Crippen molar-refractivity contribution in [3.63, 3.8) is 0 Å². The molecule has 0 aliphatic rings. The Hall–Kier alpha value is -1.16. The van der Waals surface area contributed by atoms with Gasteiger partial charge in [-0.25, -0.2) is 4.39 Å². The van der Waals surface area contributed by atoms with Gasteiger partial charge in [0, 0.05) is 15.6 Å². The van der Waals surface area contributed by atoms with Gasteiger partial charge in [-0.2, -0.15) is 0 Å². The minimum atomic E-state index is -0.404. The van der Waals surface area contributed by atoms with Gasteiger partial charge >= 0.3 is 0 Å². The number of fused-ring (bicyclic) bond motifs is 1. The largest absolute Gasteiger partial charge is 0.325 e. The smallest absolute Gasteiger partial charge is 0.256 e. The van der Waals surface area contributed by atoms with E-state index < -0.39 is 5.82 Å². The molecule has 0 bridgehead atoms. The van der Waals surface area contributed by atoms with E-state index in [1.807, 2.05) is 0 Å². The molecule has 4 heteroatoms. The lowest BCUT2D eigenvalue weighted by atomic mass is 10.1. The topological polar surface area (TPSA) is 32.9 Å². The van der Waals surface area contributed by atoms with Crippen LogP contribution in [0.2, 0.25) is 0 Å². The monoisotopic (exact) mass is 255 g/mol. The van der Waals surface area contributed by atoms with Crippen molar-refractivity contribution in [1.82, 2.24) is 4.98 Å². The Morgan fingerprint density at radius 2 is 2.07 bits per heavy atom. The summed E-state index contributed by atoms with van der Waals surface area (Å²) < 4.78 is 13.7. The number of benzene rings is 1. The van der Waals surface area contributed by atoms with Crippen molar-refractivity contribution in [2.75, 3.05) is 0 Å². The molecule has 0 fully saturated rings. The van der Waals surface area contributed by atoms with E-state index in [0.717, 1.165) is 15.6 Å². The number of nitrogens with one attached hydrogen (secondary N) is 1. The normalized spacial score (nSPS) is 10.8. The van der Waals surface area contributed by atoms with Gasteiger partial charge in [0.05, 0.1) is 5.39 Å². The molecule has 0 aliphatic heterocycles. The highest BCUT2D eigenvalue weighted by Gasteiger charge is 2.06. The van der Waals surface area contributed by atoms with Gasteiger partial charge in [0.25, 0.3) is 5.56 Å². The van der Waals surface area contributed by atoms with Crippen LogP contribution in [0.25, 0.3) is 10.8 Å².